The van der Waals surface area contributed by atoms with Crippen molar-refractivity contribution >= 4 is 12.4 Å². The molecule has 1 aliphatic carbocycles. The van der Waals surface area contributed by atoms with Crippen molar-refractivity contribution in [3.8, 4) is 11.1 Å². The summed E-state index contributed by atoms with van der Waals surface area (Å²) in [6, 6.07) is 19.1. The lowest BCUT2D eigenvalue weighted by molar-refractivity contribution is 0.161. The van der Waals surface area contributed by atoms with Crippen LogP contribution in [0.25, 0.3) is 11.1 Å². The summed E-state index contributed by atoms with van der Waals surface area (Å²) in [5, 5.41) is 9.71. The van der Waals surface area contributed by atoms with Crippen molar-refractivity contribution in [2.45, 2.75) is 31.4 Å². The van der Waals surface area contributed by atoms with Gasteiger partial charge in [0.25, 0.3) is 0 Å². The summed E-state index contributed by atoms with van der Waals surface area (Å²) in [5.74, 6) is 0.516. The minimum Gasteiger partial charge on any atom is -0.392 e. The number of aliphatic hydroxyl groups is 1. The van der Waals surface area contributed by atoms with E-state index < -0.39 is 0 Å². The fourth-order valence-electron chi connectivity index (χ4n) is 3.12. The number of rotatable bonds is 3. The highest BCUT2D eigenvalue weighted by molar-refractivity contribution is 5.85. The predicted octanol–water partition coefficient (Wildman–Crippen LogP) is 3.42. The molecule has 0 amide bonds. The Kier molecular flexibility index (Phi) is 5.40. The molecule has 0 unspecified atom stereocenters. The lowest BCUT2D eigenvalue weighted by Crippen LogP contribution is -2.28. The highest BCUT2D eigenvalue weighted by Crippen LogP contribution is 2.28. The van der Waals surface area contributed by atoms with E-state index in [9.17, 15) is 5.11 Å². The van der Waals surface area contributed by atoms with Crippen molar-refractivity contribution in [3.05, 3.63) is 60.2 Å². The maximum Gasteiger partial charge on any atom is 0.0693 e. The minimum absolute atomic E-state index is 0. The zero-order valence-corrected chi connectivity index (χ0v) is 12.8. The van der Waals surface area contributed by atoms with Gasteiger partial charge in [-0.3, -0.25) is 0 Å². The molecule has 3 N–H and O–H groups in total. The highest BCUT2D eigenvalue weighted by atomic mass is 35.5. The van der Waals surface area contributed by atoms with Crippen LogP contribution in [0.15, 0.2) is 54.6 Å². The van der Waals surface area contributed by atoms with E-state index in [2.05, 4.69) is 48.5 Å². The van der Waals surface area contributed by atoms with Gasteiger partial charge in [0.2, 0.25) is 0 Å². The Morgan fingerprint density at radius 2 is 1.52 bits per heavy atom. The van der Waals surface area contributed by atoms with Crippen molar-refractivity contribution in [2.24, 2.45) is 11.7 Å². The van der Waals surface area contributed by atoms with E-state index >= 15 is 0 Å². The largest absolute Gasteiger partial charge is 0.392 e. The smallest absolute Gasteiger partial charge is 0.0693 e. The molecule has 3 heteroatoms. The molecule has 0 radical (unpaired) electrons. The third kappa shape index (κ3) is 3.85. The van der Waals surface area contributed by atoms with E-state index in [1.54, 1.807) is 0 Å². The second-order valence-electron chi connectivity index (χ2n) is 5.84. The van der Waals surface area contributed by atoms with Gasteiger partial charge >= 0.3 is 0 Å². The monoisotopic (exact) mass is 303 g/mol. The van der Waals surface area contributed by atoms with Crippen LogP contribution in [-0.2, 0) is 6.42 Å². The van der Waals surface area contributed by atoms with Crippen molar-refractivity contribution in [2.75, 3.05) is 0 Å². The van der Waals surface area contributed by atoms with Gasteiger partial charge in [0.05, 0.1) is 6.10 Å². The summed E-state index contributed by atoms with van der Waals surface area (Å²) < 4.78 is 0. The quantitative estimate of drug-likeness (QED) is 0.912. The van der Waals surface area contributed by atoms with Crippen LogP contribution in [0.5, 0.6) is 0 Å². The minimum atomic E-state index is -0.316. The van der Waals surface area contributed by atoms with Crippen LogP contribution in [0.4, 0.5) is 0 Å². The van der Waals surface area contributed by atoms with E-state index in [1.807, 2.05) is 6.07 Å². The van der Waals surface area contributed by atoms with Gasteiger partial charge in [-0.15, -0.1) is 12.4 Å². The third-order valence-electron chi connectivity index (χ3n) is 4.26. The molecule has 1 aliphatic rings. The van der Waals surface area contributed by atoms with Gasteiger partial charge in [-0.1, -0.05) is 54.6 Å². The van der Waals surface area contributed by atoms with Crippen LogP contribution >= 0.6 is 12.4 Å². The Morgan fingerprint density at radius 3 is 2.10 bits per heavy atom. The van der Waals surface area contributed by atoms with Gasteiger partial charge in [0, 0.05) is 6.04 Å². The molecule has 0 heterocycles. The number of nitrogens with two attached hydrogens (primary N) is 1. The van der Waals surface area contributed by atoms with Crippen molar-refractivity contribution in [1.29, 1.82) is 0 Å². The van der Waals surface area contributed by atoms with Gasteiger partial charge in [0.15, 0.2) is 0 Å². The first kappa shape index (κ1) is 16.0. The van der Waals surface area contributed by atoms with Crippen LogP contribution < -0.4 is 5.73 Å². The summed E-state index contributed by atoms with van der Waals surface area (Å²) in [6.07, 6.45) is 2.46. The Labute approximate surface area is 132 Å². The van der Waals surface area contributed by atoms with E-state index in [0.717, 1.165) is 19.3 Å². The molecule has 0 saturated heterocycles. The molecule has 3 rings (SSSR count). The lowest BCUT2D eigenvalue weighted by atomic mass is 9.96. The van der Waals surface area contributed by atoms with Gasteiger partial charge < -0.3 is 10.8 Å². The molecule has 112 valence electrons. The first-order valence-corrected chi connectivity index (χ1v) is 7.30. The molecule has 2 nitrogen and oxygen atoms in total. The van der Waals surface area contributed by atoms with Crippen LogP contribution in [0.2, 0.25) is 0 Å². The predicted molar refractivity (Wildman–Crippen MR) is 89.5 cm³/mol. The Balaban J connectivity index is 0.00000161. The molecule has 0 aliphatic heterocycles. The van der Waals surface area contributed by atoms with Crippen LogP contribution in [0.3, 0.4) is 0 Å². The Hall–Kier alpha value is -1.35. The molecule has 21 heavy (non-hydrogen) atoms. The average Bonchev–Trinajstić information content (AvgIpc) is 2.79. The van der Waals surface area contributed by atoms with Gasteiger partial charge in [0.1, 0.15) is 0 Å². The average molecular weight is 304 g/mol. The van der Waals surface area contributed by atoms with Gasteiger partial charge in [-0.2, -0.15) is 0 Å². The molecule has 0 aromatic heterocycles. The summed E-state index contributed by atoms with van der Waals surface area (Å²) in [5.41, 5.74) is 9.70. The molecular formula is C18H22ClNO. The van der Waals surface area contributed by atoms with Gasteiger partial charge in [-0.25, -0.2) is 0 Å². The second-order valence-corrected chi connectivity index (χ2v) is 5.84. The molecule has 2 aromatic rings. The third-order valence-corrected chi connectivity index (χ3v) is 4.26. The summed E-state index contributed by atoms with van der Waals surface area (Å²) in [4.78, 5) is 0. The SMILES string of the molecule is Cl.N[C@@H]1C[C@@H](Cc2ccc(-c3ccccc3)cc2)C[C@H]1O. The Bertz CT molecular complexity index is 545. The van der Waals surface area contributed by atoms with E-state index in [1.165, 1.54) is 16.7 Å². The first-order valence-electron chi connectivity index (χ1n) is 7.30. The fourth-order valence-corrected chi connectivity index (χ4v) is 3.12. The number of halogens is 1. The van der Waals surface area contributed by atoms with E-state index in [0.29, 0.717) is 5.92 Å². The highest BCUT2D eigenvalue weighted by Gasteiger charge is 2.29. The summed E-state index contributed by atoms with van der Waals surface area (Å²) in [6.45, 7) is 0. The molecule has 3 atom stereocenters. The fraction of sp³-hybridized carbons (Fsp3) is 0.333. The lowest BCUT2D eigenvalue weighted by Gasteiger charge is -2.10. The molecule has 0 spiro atoms. The van der Waals surface area contributed by atoms with Crippen molar-refractivity contribution in [3.63, 3.8) is 0 Å². The second kappa shape index (κ2) is 7.08. The van der Waals surface area contributed by atoms with Crippen molar-refractivity contribution < 1.29 is 5.11 Å². The van der Waals surface area contributed by atoms with Crippen LogP contribution in [0.1, 0.15) is 18.4 Å². The Morgan fingerprint density at radius 1 is 0.905 bits per heavy atom. The molecule has 1 saturated carbocycles. The topological polar surface area (TPSA) is 46.2 Å². The van der Waals surface area contributed by atoms with Crippen LogP contribution in [-0.4, -0.2) is 17.3 Å². The number of benzene rings is 2. The molecule has 1 fully saturated rings. The van der Waals surface area contributed by atoms with Crippen LogP contribution in [0, 0.1) is 5.92 Å². The number of hydrogen-bond acceptors (Lipinski definition) is 2. The number of aliphatic hydroxyl groups excluding tert-OH is 1. The molecule has 2 aromatic carbocycles. The first-order chi connectivity index (χ1) is 9.72. The van der Waals surface area contributed by atoms with Crippen molar-refractivity contribution in [1.82, 2.24) is 0 Å². The zero-order valence-electron chi connectivity index (χ0n) is 12.0. The zero-order chi connectivity index (χ0) is 13.9. The van der Waals surface area contributed by atoms with Gasteiger partial charge in [-0.05, 0) is 41.9 Å². The summed E-state index contributed by atoms with van der Waals surface area (Å²) >= 11 is 0. The normalized spacial score (nSPS) is 24.6. The maximum atomic E-state index is 9.71. The summed E-state index contributed by atoms with van der Waals surface area (Å²) in [7, 11) is 0. The number of hydrogen-bond donors (Lipinski definition) is 2. The maximum absolute atomic E-state index is 9.71. The molecular weight excluding hydrogens is 282 g/mol. The molecule has 0 bridgehead atoms. The van der Waals surface area contributed by atoms with E-state index in [4.69, 9.17) is 5.73 Å². The van der Waals surface area contributed by atoms with E-state index in [-0.39, 0.29) is 24.6 Å². The standard InChI is InChI=1S/C18H21NO.ClH/c19-17-11-14(12-18(17)20)10-13-6-8-16(9-7-13)15-4-2-1-3-5-15;/h1-9,14,17-18,20H,10-12,19H2;1H/t14-,17-,18-;/m1./s1.